The van der Waals surface area contributed by atoms with Gasteiger partial charge in [0.2, 0.25) is 0 Å². The molecule has 0 saturated heterocycles. The Morgan fingerprint density at radius 2 is 2.38 bits per heavy atom. The molecule has 2 aromatic heterocycles. The maximum Gasteiger partial charge on any atom is 0.0952 e. The molecule has 16 heavy (non-hydrogen) atoms. The molecule has 86 valence electrons. The third-order valence-corrected chi connectivity index (χ3v) is 3.91. The molecule has 0 aliphatic heterocycles. The molecule has 5 heteroatoms. The summed E-state index contributed by atoms with van der Waals surface area (Å²) in [5.74, 6) is 0. The lowest BCUT2D eigenvalue weighted by Crippen LogP contribution is -2.31. The summed E-state index contributed by atoms with van der Waals surface area (Å²) in [5, 5.41) is 0. The molecule has 0 amide bonds. The van der Waals surface area contributed by atoms with Crippen LogP contribution < -0.4 is 5.73 Å². The molecule has 3 nitrogen and oxygen atoms in total. The van der Waals surface area contributed by atoms with Crippen LogP contribution >= 0.6 is 22.9 Å². The fourth-order valence-electron chi connectivity index (χ4n) is 1.72. The third-order valence-electron chi connectivity index (χ3n) is 2.61. The van der Waals surface area contributed by atoms with Crippen molar-refractivity contribution in [2.75, 3.05) is 0 Å². The van der Waals surface area contributed by atoms with Gasteiger partial charge >= 0.3 is 0 Å². The van der Waals surface area contributed by atoms with Crippen LogP contribution in [0.4, 0.5) is 0 Å². The van der Waals surface area contributed by atoms with Crippen molar-refractivity contribution in [1.82, 2.24) is 9.55 Å². The van der Waals surface area contributed by atoms with Crippen LogP contribution in [0.5, 0.6) is 0 Å². The Kier molecular flexibility index (Phi) is 3.63. The van der Waals surface area contributed by atoms with E-state index < -0.39 is 0 Å². The Bertz CT molecular complexity index is 438. The van der Waals surface area contributed by atoms with Crippen LogP contribution in [0.3, 0.4) is 0 Å². The summed E-state index contributed by atoms with van der Waals surface area (Å²) in [4.78, 5) is 5.25. The first kappa shape index (κ1) is 11.6. The highest BCUT2D eigenvalue weighted by Crippen LogP contribution is 2.31. The summed E-state index contributed by atoms with van der Waals surface area (Å²) >= 11 is 7.54. The monoisotopic (exact) mass is 255 g/mol. The second-order valence-corrected chi connectivity index (χ2v) is 5.42. The Morgan fingerprint density at radius 3 is 2.88 bits per heavy atom. The van der Waals surface area contributed by atoms with Crippen molar-refractivity contribution in [2.24, 2.45) is 5.73 Å². The van der Waals surface area contributed by atoms with Gasteiger partial charge in [-0.05, 0) is 18.6 Å². The van der Waals surface area contributed by atoms with Gasteiger partial charge in [0.25, 0.3) is 0 Å². The molecule has 2 atom stereocenters. The molecule has 2 heterocycles. The van der Waals surface area contributed by atoms with Gasteiger partial charge in [0.1, 0.15) is 0 Å². The standard InChI is InChI=1S/C11H14ClN3S/c1-2-8(13)11(15-6-5-14-7-15)9-3-4-10(12)16-9/h3-8,11H,2,13H2,1H3. The molecule has 2 rings (SSSR count). The molecular formula is C11H14ClN3S. The first-order chi connectivity index (χ1) is 7.72. The molecule has 0 aromatic carbocycles. The lowest BCUT2D eigenvalue weighted by molar-refractivity contribution is 0.464. The molecule has 2 unspecified atom stereocenters. The fraction of sp³-hybridized carbons (Fsp3) is 0.364. The number of thiophene rings is 1. The largest absolute Gasteiger partial charge is 0.328 e. The summed E-state index contributed by atoms with van der Waals surface area (Å²) in [6.07, 6.45) is 6.42. The van der Waals surface area contributed by atoms with Crippen LogP contribution in [0, 0.1) is 0 Å². The highest BCUT2D eigenvalue weighted by atomic mass is 35.5. The fourth-order valence-corrected chi connectivity index (χ4v) is 2.97. The SMILES string of the molecule is CCC(N)C(c1ccc(Cl)s1)n1ccnc1. The van der Waals surface area contributed by atoms with Gasteiger partial charge in [-0.25, -0.2) is 4.98 Å². The first-order valence-electron chi connectivity index (χ1n) is 5.20. The van der Waals surface area contributed by atoms with Crippen molar-refractivity contribution in [1.29, 1.82) is 0 Å². The van der Waals surface area contributed by atoms with Gasteiger partial charge in [0.15, 0.2) is 0 Å². The highest BCUT2D eigenvalue weighted by Gasteiger charge is 2.21. The molecule has 0 bridgehead atoms. The van der Waals surface area contributed by atoms with Crippen LogP contribution in [0.15, 0.2) is 30.9 Å². The molecule has 0 saturated carbocycles. The summed E-state index contributed by atoms with van der Waals surface area (Å²) < 4.78 is 2.83. The second-order valence-electron chi connectivity index (χ2n) is 3.67. The van der Waals surface area contributed by atoms with Crippen molar-refractivity contribution in [2.45, 2.75) is 25.4 Å². The van der Waals surface area contributed by atoms with Crippen molar-refractivity contribution < 1.29 is 0 Å². The number of hydrogen-bond acceptors (Lipinski definition) is 3. The van der Waals surface area contributed by atoms with Crippen LogP contribution in [0.1, 0.15) is 24.3 Å². The van der Waals surface area contributed by atoms with Crippen molar-refractivity contribution >= 4 is 22.9 Å². The lowest BCUT2D eigenvalue weighted by atomic mass is 10.1. The van der Waals surface area contributed by atoms with Gasteiger partial charge < -0.3 is 10.3 Å². The minimum absolute atomic E-state index is 0.0731. The van der Waals surface area contributed by atoms with Crippen LogP contribution in [-0.2, 0) is 0 Å². The van der Waals surface area contributed by atoms with Crippen LogP contribution in [0.2, 0.25) is 4.34 Å². The number of hydrogen-bond donors (Lipinski definition) is 1. The highest BCUT2D eigenvalue weighted by molar-refractivity contribution is 7.16. The van der Waals surface area contributed by atoms with E-state index in [9.17, 15) is 0 Å². The number of nitrogens with zero attached hydrogens (tertiary/aromatic N) is 2. The maximum absolute atomic E-state index is 6.16. The van der Waals surface area contributed by atoms with Gasteiger partial charge in [-0.1, -0.05) is 18.5 Å². The lowest BCUT2D eigenvalue weighted by Gasteiger charge is -2.23. The molecule has 0 spiro atoms. The summed E-state index contributed by atoms with van der Waals surface area (Å²) in [5.41, 5.74) is 6.16. The molecule has 0 fully saturated rings. The van der Waals surface area contributed by atoms with Gasteiger partial charge in [0.05, 0.1) is 16.7 Å². The summed E-state index contributed by atoms with van der Waals surface area (Å²) in [6, 6.07) is 4.15. The van der Waals surface area contributed by atoms with Gasteiger partial charge in [-0.15, -0.1) is 11.3 Å². The number of rotatable bonds is 4. The smallest absolute Gasteiger partial charge is 0.0952 e. The van der Waals surface area contributed by atoms with Crippen LogP contribution in [-0.4, -0.2) is 15.6 Å². The maximum atomic E-state index is 6.16. The molecule has 0 aliphatic carbocycles. The second kappa shape index (κ2) is 4.99. The van der Waals surface area contributed by atoms with Crippen LogP contribution in [0.25, 0.3) is 0 Å². The van der Waals surface area contributed by atoms with E-state index in [0.29, 0.717) is 0 Å². The Morgan fingerprint density at radius 1 is 1.56 bits per heavy atom. The summed E-state index contributed by atoms with van der Waals surface area (Å²) in [6.45, 7) is 2.09. The molecule has 0 radical (unpaired) electrons. The van der Waals surface area contributed by atoms with Gasteiger partial charge in [-0.3, -0.25) is 0 Å². The molecular weight excluding hydrogens is 242 g/mol. The first-order valence-corrected chi connectivity index (χ1v) is 6.40. The Hall–Kier alpha value is -0.840. The molecule has 0 aliphatic rings. The molecule has 2 aromatic rings. The zero-order valence-corrected chi connectivity index (χ0v) is 10.6. The van der Waals surface area contributed by atoms with E-state index in [1.165, 1.54) is 4.88 Å². The van der Waals surface area contributed by atoms with Crippen molar-refractivity contribution in [3.63, 3.8) is 0 Å². The number of halogens is 1. The van der Waals surface area contributed by atoms with E-state index in [1.54, 1.807) is 23.9 Å². The molecule has 2 N–H and O–H groups in total. The number of nitrogens with two attached hydrogens (primary N) is 1. The van der Waals surface area contributed by atoms with E-state index in [1.807, 2.05) is 22.9 Å². The topological polar surface area (TPSA) is 43.8 Å². The predicted molar refractivity (Wildman–Crippen MR) is 68.0 cm³/mol. The zero-order valence-electron chi connectivity index (χ0n) is 9.01. The van der Waals surface area contributed by atoms with Gasteiger partial charge in [-0.2, -0.15) is 0 Å². The van der Waals surface area contributed by atoms with Gasteiger partial charge in [0, 0.05) is 23.3 Å². The summed E-state index contributed by atoms with van der Waals surface area (Å²) in [7, 11) is 0. The average molecular weight is 256 g/mol. The zero-order chi connectivity index (χ0) is 11.5. The van der Waals surface area contributed by atoms with E-state index in [-0.39, 0.29) is 12.1 Å². The number of imidazole rings is 1. The minimum Gasteiger partial charge on any atom is -0.328 e. The van der Waals surface area contributed by atoms with E-state index in [2.05, 4.69) is 11.9 Å². The minimum atomic E-state index is 0.0731. The average Bonchev–Trinajstić information content (AvgIpc) is 2.91. The van der Waals surface area contributed by atoms with Crippen molar-refractivity contribution in [3.05, 3.63) is 40.1 Å². The van der Waals surface area contributed by atoms with E-state index in [4.69, 9.17) is 17.3 Å². The Balaban J connectivity index is 2.35. The van der Waals surface area contributed by atoms with E-state index in [0.717, 1.165) is 10.8 Å². The quantitative estimate of drug-likeness (QED) is 0.913. The normalized spacial score (nSPS) is 14.9. The third kappa shape index (κ3) is 2.29. The van der Waals surface area contributed by atoms with E-state index >= 15 is 0 Å². The van der Waals surface area contributed by atoms with Crippen molar-refractivity contribution in [3.8, 4) is 0 Å². The number of aromatic nitrogens is 2. The predicted octanol–water partition coefficient (Wildman–Crippen LogP) is 2.92. The Labute approximate surface area is 104 Å².